The Labute approximate surface area is 87.3 Å². The number of nitrogens with zero attached hydrogens (tertiary/aromatic N) is 3. The molecular formula is C9H14BrN3. The van der Waals surface area contributed by atoms with Gasteiger partial charge in [-0.1, -0.05) is 22.9 Å². The van der Waals surface area contributed by atoms with Gasteiger partial charge >= 0.3 is 0 Å². The van der Waals surface area contributed by atoms with Gasteiger partial charge in [-0.15, -0.1) is 5.10 Å². The lowest BCUT2D eigenvalue weighted by atomic mass is 10.3. The van der Waals surface area contributed by atoms with Crippen LogP contribution < -0.4 is 4.90 Å². The molecule has 0 saturated carbocycles. The third kappa shape index (κ3) is 3.30. The quantitative estimate of drug-likeness (QED) is 0.761. The highest BCUT2D eigenvalue weighted by atomic mass is 79.9. The molecular weight excluding hydrogens is 230 g/mol. The van der Waals surface area contributed by atoms with Crippen LogP contribution in [0.1, 0.15) is 12.5 Å². The van der Waals surface area contributed by atoms with E-state index in [1.54, 1.807) is 6.20 Å². The minimum Gasteiger partial charge on any atom is -0.357 e. The second-order valence-electron chi connectivity index (χ2n) is 3.25. The molecule has 0 N–H and O–H groups in total. The van der Waals surface area contributed by atoms with Crippen molar-refractivity contribution in [2.75, 3.05) is 18.5 Å². The molecule has 1 aromatic rings. The second-order valence-corrected chi connectivity index (χ2v) is 4.82. The van der Waals surface area contributed by atoms with E-state index in [1.165, 1.54) is 0 Å². The molecule has 0 saturated heterocycles. The van der Waals surface area contributed by atoms with Gasteiger partial charge in [-0.2, -0.15) is 5.10 Å². The summed E-state index contributed by atoms with van der Waals surface area (Å²) in [6, 6.07) is 2.03. The topological polar surface area (TPSA) is 29.0 Å². The standard InChI is InChI=1S/C9H14BrN3/c1-7-4-9(12-11-5-7)13(3)6-8(2)10/h4-5,8H,6H2,1-3H3. The Kier molecular flexibility index (Phi) is 3.66. The summed E-state index contributed by atoms with van der Waals surface area (Å²) in [5.41, 5.74) is 1.14. The molecule has 0 amide bonds. The van der Waals surface area contributed by atoms with Gasteiger partial charge in [0, 0.05) is 18.4 Å². The highest BCUT2D eigenvalue weighted by molar-refractivity contribution is 9.09. The van der Waals surface area contributed by atoms with E-state index in [0.29, 0.717) is 4.83 Å². The molecule has 0 radical (unpaired) electrons. The first-order valence-corrected chi connectivity index (χ1v) is 5.15. The summed E-state index contributed by atoms with van der Waals surface area (Å²) in [7, 11) is 2.02. The highest BCUT2D eigenvalue weighted by Crippen LogP contribution is 2.10. The summed E-state index contributed by atoms with van der Waals surface area (Å²) in [6.45, 7) is 5.06. The molecule has 0 aliphatic rings. The molecule has 0 bridgehead atoms. The lowest BCUT2D eigenvalue weighted by Crippen LogP contribution is -2.25. The van der Waals surface area contributed by atoms with Crippen molar-refractivity contribution >= 4 is 21.7 Å². The number of aromatic nitrogens is 2. The molecule has 1 aromatic heterocycles. The molecule has 0 spiro atoms. The summed E-state index contributed by atoms with van der Waals surface area (Å²) in [6.07, 6.45) is 1.76. The van der Waals surface area contributed by atoms with Crippen LogP contribution in [0.15, 0.2) is 12.3 Å². The number of alkyl halides is 1. The van der Waals surface area contributed by atoms with Crippen molar-refractivity contribution < 1.29 is 0 Å². The SMILES string of the molecule is Cc1cnnc(N(C)CC(C)Br)c1. The molecule has 72 valence electrons. The van der Waals surface area contributed by atoms with Gasteiger partial charge < -0.3 is 4.90 Å². The summed E-state index contributed by atoms with van der Waals surface area (Å²) < 4.78 is 0. The van der Waals surface area contributed by atoms with Gasteiger partial charge in [0.1, 0.15) is 0 Å². The van der Waals surface area contributed by atoms with E-state index in [9.17, 15) is 0 Å². The summed E-state index contributed by atoms with van der Waals surface area (Å²) in [5.74, 6) is 0.923. The molecule has 0 aliphatic carbocycles. The van der Waals surface area contributed by atoms with Crippen molar-refractivity contribution in [1.82, 2.24) is 10.2 Å². The zero-order valence-electron chi connectivity index (χ0n) is 8.16. The third-order valence-corrected chi connectivity index (χ3v) is 1.98. The lowest BCUT2D eigenvalue weighted by molar-refractivity contribution is 0.838. The van der Waals surface area contributed by atoms with Gasteiger partial charge in [-0.25, -0.2) is 0 Å². The van der Waals surface area contributed by atoms with Crippen LogP contribution >= 0.6 is 15.9 Å². The average Bonchev–Trinajstić information content (AvgIpc) is 2.03. The van der Waals surface area contributed by atoms with E-state index in [-0.39, 0.29) is 0 Å². The Morgan fingerprint density at radius 3 is 2.85 bits per heavy atom. The largest absolute Gasteiger partial charge is 0.357 e. The molecule has 1 atom stereocenters. The molecule has 1 unspecified atom stereocenters. The summed E-state index contributed by atoms with van der Waals surface area (Å²) in [5, 5.41) is 7.95. The van der Waals surface area contributed by atoms with Crippen LogP contribution in [0.2, 0.25) is 0 Å². The Bertz CT molecular complexity index is 275. The van der Waals surface area contributed by atoms with Gasteiger partial charge in [0.15, 0.2) is 5.82 Å². The normalized spacial score (nSPS) is 12.6. The number of halogens is 1. The molecule has 13 heavy (non-hydrogen) atoms. The van der Waals surface area contributed by atoms with Gasteiger partial charge in [0.05, 0.1) is 6.20 Å². The van der Waals surface area contributed by atoms with Crippen molar-refractivity contribution in [3.05, 3.63) is 17.8 Å². The zero-order chi connectivity index (χ0) is 9.84. The average molecular weight is 244 g/mol. The summed E-state index contributed by atoms with van der Waals surface area (Å²) >= 11 is 3.50. The second kappa shape index (κ2) is 4.56. The van der Waals surface area contributed by atoms with Crippen LogP contribution in [0, 0.1) is 6.92 Å². The van der Waals surface area contributed by atoms with Crippen molar-refractivity contribution in [1.29, 1.82) is 0 Å². The van der Waals surface area contributed by atoms with Gasteiger partial charge in [0.25, 0.3) is 0 Å². The molecule has 3 nitrogen and oxygen atoms in total. The maximum Gasteiger partial charge on any atom is 0.151 e. The first-order valence-electron chi connectivity index (χ1n) is 4.24. The number of hydrogen-bond acceptors (Lipinski definition) is 3. The smallest absolute Gasteiger partial charge is 0.151 e. The highest BCUT2D eigenvalue weighted by Gasteiger charge is 2.05. The minimum atomic E-state index is 0.458. The number of hydrogen-bond donors (Lipinski definition) is 0. The molecule has 1 heterocycles. The Morgan fingerprint density at radius 2 is 2.31 bits per heavy atom. The predicted octanol–water partition coefficient (Wildman–Crippen LogP) is 2.00. The molecule has 0 fully saturated rings. The molecule has 0 aliphatic heterocycles. The van der Waals surface area contributed by atoms with E-state index in [2.05, 4.69) is 38.0 Å². The fourth-order valence-corrected chi connectivity index (χ4v) is 1.54. The maximum atomic E-state index is 4.05. The van der Waals surface area contributed by atoms with Gasteiger partial charge in [0.2, 0.25) is 0 Å². The Morgan fingerprint density at radius 1 is 1.62 bits per heavy atom. The first-order chi connectivity index (χ1) is 6.09. The Hall–Kier alpha value is -0.640. The molecule has 0 aromatic carbocycles. The van der Waals surface area contributed by atoms with E-state index >= 15 is 0 Å². The van der Waals surface area contributed by atoms with E-state index in [0.717, 1.165) is 17.9 Å². The first kappa shape index (κ1) is 10.4. The third-order valence-electron chi connectivity index (χ3n) is 1.69. The Balaban J connectivity index is 2.71. The van der Waals surface area contributed by atoms with Gasteiger partial charge in [-0.3, -0.25) is 0 Å². The fourth-order valence-electron chi connectivity index (χ4n) is 1.11. The lowest BCUT2D eigenvalue weighted by Gasteiger charge is -2.18. The van der Waals surface area contributed by atoms with Crippen LogP contribution in [0.3, 0.4) is 0 Å². The van der Waals surface area contributed by atoms with E-state index in [1.807, 2.05) is 20.0 Å². The van der Waals surface area contributed by atoms with Crippen LogP contribution in [-0.2, 0) is 0 Å². The van der Waals surface area contributed by atoms with Crippen LogP contribution in [0.25, 0.3) is 0 Å². The fraction of sp³-hybridized carbons (Fsp3) is 0.556. The number of aryl methyl sites for hydroxylation is 1. The van der Waals surface area contributed by atoms with Crippen molar-refractivity contribution in [3.8, 4) is 0 Å². The monoisotopic (exact) mass is 243 g/mol. The van der Waals surface area contributed by atoms with E-state index < -0.39 is 0 Å². The van der Waals surface area contributed by atoms with Gasteiger partial charge in [-0.05, 0) is 18.6 Å². The molecule has 1 rings (SSSR count). The van der Waals surface area contributed by atoms with Crippen LogP contribution in [0.5, 0.6) is 0 Å². The number of rotatable bonds is 3. The van der Waals surface area contributed by atoms with Crippen molar-refractivity contribution in [2.45, 2.75) is 18.7 Å². The van der Waals surface area contributed by atoms with Crippen LogP contribution in [0.4, 0.5) is 5.82 Å². The van der Waals surface area contributed by atoms with Crippen molar-refractivity contribution in [3.63, 3.8) is 0 Å². The minimum absolute atomic E-state index is 0.458. The number of anilines is 1. The zero-order valence-corrected chi connectivity index (χ0v) is 9.74. The maximum absolute atomic E-state index is 4.05. The predicted molar refractivity (Wildman–Crippen MR) is 58.4 cm³/mol. The van der Waals surface area contributed by atoms with Crippen LogP contribution in [-0.4, -0.2) is 28.6 Å². The molecule has 4 heteroatoms. The van der Waals surface area contributed by atoms with E-state index in [4.69, 9.17) is 0 Å². The summed E-state index contributed by atoms with van der Waals surface area (Å²) in [4.78, 5) is 2.54. The van der Waals surface area contributed by atoms with Crippen molar-refractivity contribution in [2.24, 2.45) is 0 Å².